The molecule has 1 aliphatic heterocycles. The van der Waals surface area contributed by atoms with E-state index in [1.807, 2.05) is 24.4 Å². The Morgan fingerprint density at radius 2 is 1.77 bits per heavy atom. The fourth-order valence-corrected chi connectivity index (χ4v) is 4.82. The standard InChI is InChI=1S/C25H25N3O3/c29-23(26-13-12-17-15-27-22-9-5-4-8-19(17)22)16-10-11-20-21(14-16)25(31)28(24(20)30)18-6-2-1-3-7-18/h4-5,8-11,14-15,18,27H,1-3,6-7,12-13H2,(H,26,29). The van der Waals surface area contributed by atoms with E-state index in [0.717, 1.165) is 48.6 Å². The third-order valence-electron chi connectivity index (χ3n) is 6.47. The Labute approximate surface area is 180 Å². The quantitative estimate of drug-likeness (QED) is 0.617. The molecule has 1 saturated carbocycles. The summed E-state index contributed by atoms with van der Waals surface area (Å²) < 4.78 is 0. The molecule has 2 aromatic carbocycles. The molecular weight excluding hydrogens is 390 g/mol. The number of carbonyl (C=O) groups excluding carboxylic acids is 3. The van der Waals surface area contributed by atoms with E-state index in [1.165, 1.54) is 4.90 Å². The minimum Gasteiger partial charge on any atom is -0.361 e. The van der Waals surface area contributed by atoms with Crippen molar-refractivity contribution in [3.05, 3.63) is 70.9 Å². The van der Waals surface area contributed by atoms with E-state index < -0.39 is 0 Å². The topological polar surface area (TPSA) is 82.3 Å². The minimum absolute atomic E-state index is 0.0189. The molecule has 0 unspecified atom stereocenters. The third-order valence-corrected chi connectivity index (χ3v) is 6.47. The Bertz CT molecular complexity index is 1170. The van der Waals surface area contributed by atoms with E-state index >= 15 is 0 Å². The van der Waals surface area contributed by atoms with E-state index in [2.05, 4.69) is 16.4 Å². The van der Waals surface area contributed by atoms with Gasteiger partial charge in [0.15, 0.2) is 0 Å². The summed E-state index contributed by atoms with van der Waals surface area (Å²) in [5, 5.41) is 4.08. The van der Waals surface area contributed by atoms with Crippen molar-refractivity contribution < 1.29 is 14.4 Å². The molecular formula is C25H25N3O3. The Balaban J connectivity index is 1.27. The Morgan fingerprint density at radius 3 is 2.61 bits per heavy atom. The van der Waals surface area contributed by atoms with Gasteiger partial charge in [-0.15, -0.1) is 0 Å². The Hall–Kier alpha value is -3.41. The molecule has 1 aliphatic carbocycles. The lowest BCUT2D eigenvalue weighted by Crippen LogP contribution is -2.40. The number of nitrogens with one attached hydrogen (secondary N) is 2. The van der Waals surface area contributed by atoms with Crippen molar-refractivity contribution in [1.29, 1.82) is 0 Å². The van der Waals surface area contributed by atoms with Gasteiger partial charge in [-0.25, -0.2) is 0 Å². The maximum atomic E-state index is 12.9. The number of amides is 3. The fourth-order valence-electron chi connectivity index (χ4n) is 4.82. The zero-order valence-corrected chi connectivity index (χ0v) is 17.3. The molecule has 2 N–H and O–H groups in total. The monoisotopic (exact) mass is 415 g/mol. The molecule has 0 bridgehead atoms. The number of hydrogen-bond acceptors (Lipinski definition) is 3. The van der Waals surface area contributed by atoms with Gasteiger partial charge in [0.2, 0.25) is 0 Å². The van der Waals surface area contributed by atoms with Crippen molar-refractivity contribution >= 4 is 28.6 Å². The molecule has 5 rings (SSSR count). The van der Waals surface area contributed by atoms with Crippen molar-refractivity contribution in [2.75, 3.05) is 6.54 Å². The molecule has 1 fully saturated rings. The van der Waals surface area contributed by atoms with Crippen LogP contribution in [0.25, 0.3) is 10.9 Å². The highest BCUT2D eigenvalue weighted by Gasteiger charge is 2.40. The molecule has 2 aliphatic rings. The second-order valence-corrected chi connectivity index (χ2v) is 8.40. The summed E-state index contributed by atoms with van der Waals surface area (Å²) in [6, 6.07) is 12.9. The molecule has 6 nitrogen and oxygen atoms in total. The maximum Gasteiger partial charge on any atom is 0.261 e. The van der Waals surface area contributed by atoms with E-state index in [0.29, 0.717) is 29.7 Å². The van der Waals surface area contributed by atoms with Gasteiger partial charge in [0.1, 0.15) is 0 Å². The van der Waals surface area contributed by atoms with Gasteiger partial charge < -0.3 is 10.3 Å². The fraction of sp³-hybridized carbons (Fsp3) is 0.320. The number of rotatable bonds is 5. The molecule has 31 heavy (non-hydrogen) atoms. The smallest absolute Gasteiger partial charge is 0.261 e. The normalized spacial score (nSPS) is 16.7. The van der Waals surface area contributed by atoms with Crippen LogP contribution in [0.15, 0.2) is 48.7 Å². The second kappa shape index (κ2) is 8.02. The van der Waals surface area contributed by atoms with Gasteiger partial charge in [-0.2, -0.15) is 0 Å². The number of para-hydroxylation sites is 1. The molecule has 0 spiro atoms. The summed E-state index contributed by atoms with van der Waals surface area (Å²) in [6.45, 7) is 0.485. The molecule has 3 aromatic rings. The van der Waals surface area contributed by atoms with Crippen LogP contribution in [0, 0.1) is 0 Å². The number of aromatic amines is 1. The van der Waals surface area contributed by atoms with Gasteiger partial charge in [0, 0.05) is 35.2 Å². The molecule has 2 heterocycles. The van der Waals surface area contributed by atoms with Crippen LogP contribution in [0.4, 0.5) is 0 Å². The third kappa shape index (κ3) is 3.52. The van der Waals surface area contributed by atoms with Gasteiger partial charge in [0.05, 0.1) is 11.1 Å². The largest absolute Gasteiger partial charge is 0.361 e. The van der Waals surface area contributed by atoms with E-state index in [1.54, 1.807) is 18.2 Å². The van der Waals surface area contributed by atoms with E-state index in [4.69, 9.17) is 0 Å². The van der Waals surface area contributed by atoms with E-state index in [-0.39, 0.29) is 23.8 Å². The number of imide groups is 1. The summed E-state index contributed by atoms with van der Waals surface area (Å²) in [5.41, 5.74) is 3.39. The van der Waals surface area contributed by atoms with Gasteiger partial charge in [0.25, 0.3) is 17.7 Å². The lowest BCUT2D eigenvalue weighted by Gasteiger charge is -2.29. The first-order valence-corrected chi connectivity index (χ1v) is 11.0. The lowest BCUT2D eigenvalue weighted by atomic mass is 9.94. The second-order valence-electron chi connectivity index (χ2n) is 8.40. The van der Waals surface area contributed by atoms with Crippen molar-refractivity contribution in [1.82, 2.24) is 15.2 Å². The van der Waals surface area contributed by atoms with Crippen LogP contribution in [0.1, 0.15) is 68.7 Å². The number of aromatic nitrogens is 1. The van der Waals surface area contributed by atoms with Gasteiger partial charge in [-0.3, -0.25) is 19.3 Å². The zero-order chi connectivity index (χ0) is 21.4. The Morgan fingerprint density at radius 1 is 1.00 bits per heavy atom. The molecule has 6 heteroatoms. The van der Waals surface area contributed by atoms with Gasteiger partial charge in [-0.05, 0) is 49.1 Å². The number of hydrogen-bond donors (Lipinski definition) is 2. The molecule has 0 radical (unpaired) electrons. The summed E-state index contributed by atoms with van der Waals surface area (Å²) in [5.74, 6) is -0.724. The first kappa shape index (κ1) is 19.5. The zero-order valence-electron chi connectivity index (χ0n) is 17.3. The first-order chi connectivity index (χ1) is 15.1. The number of H-pyrrole nitrogens is 1. The minimum atomic E-state index is -0.264. The maximum absolute atomic E-state index is 12.9. The van der Waals surface area contributed by atoms with Crippen molar-refractivity contribution in [2.45, 2.75) is 44.6 Å². The average Bonchev–Trinajstić information content (AvgIpc) is 3.33. The summed E-state index contributed by atoms with van der Waals surface area (Å²) in [4.78, 5) is 43.1. The summed E-state index contributed by atoms with van der Waals surface area (Å²) in [7, 11) is 0. The van der Waals surface area contributed by atoms with Gasteiger partial charge >= 0.3 is 0 Å². The highest BCUT2D eigenvalue weighted by atomic mass is 16.2. The summed E-state index contributed by atoms with van der Waals surface area (Å²) >= 11 is 0. The molecule has 158 valence electrons. The van der Waals surface area contributed by atoms with E-state index in [9.17, 15) is 14.4 Å². The number of nitrogens with zero attached hydrogens (tertiary/aromatic N) is 1. The molecule has 3 amide bonds. The predicted octanol–water partition coefficient (Wildman–Crippen LogP) is 4.07. The molecule has 1 aromatic heterocycles. The van der Waals surface area contributed by atoms with Crippen LogP contribution in [-0.4, -0.2) is 40.2 Å². The van der Waals surface area contributed by atoms with Crippen LogP contribution < -0.4 is 5.32 Å². The van der Waals surface area contributed by atoms with Crippen molar-refractivity contribution in [2.24, 2.45) is 0 Å². The molecule has 0 atom stereocenters. The number of carbonyl (C=O) groups is 3. The first-order valence-electron chi connectivity index (χ1n) is 11.0. The SMILES string of the molecule is O=C(NCCc1c[nH]c2ccccc12)c1ccc2c(c1)C(=O)N(C1CCCCC1)C2=O. The van der Waals surface area contributed by atoms with Crippen LogP contribution in [0.5, 0.6) is 0 Å². The summed E-state index contributed by atoms with van der Waals surface area (Å²) in [6.07, 6.45) is 7.65. The molecule has 0 saturated heterocycles. The van der Waals surface area contributed by atoms with Crippen molar-refractivity contribution in [3.8, 4) is 0 Å². The predicted molar refractivity (Wildman–Crippen MR) is 118 cm³/mol. The van der Waals surface area contributed by atoms with Crippen LogP contribution in [0.2, 0.25) is 0 Å². The number of benzene rings is 2. The van der Waals surface area contributed by atoms with Crippen LogP contribution >= 0.6 is 0 Å². The number of fused-ring (bicyclic) bond motifs is 2. The van der Waals surface area contributed by atoms with Crippen LogP contribution in [0.3, 0.4) is 0 Å². The Kier molecular flexibility index (Phi) is 5.06. The highest BCUT2D eigenvalue weighted by molar-refractivity contribution is 6.22. The lowest BCUT2D eigenvalue weighted by molar-refractivity contribution is 0.0548. The highest BCUT2D eigenvalue weighted by Crippen LogP contribution is 2.31. The van der Waals surface area contributed by atoms with Crippen molar-refractivity contribution in [3.63, 3.8) is 0 Å². The average molecular weight is 415 g/mol. The van der Waals surface area contributed by atoms with Crippen LogP contribution in [-0.2, 0) is 6.42 Å². The van der Waals surface area contributed by atoms with Gasteiger partial charge in [-0.1, -0.05) is 37.5 Å².